The lowest BCUT2D eigenvalue weighted by Gasteiger charge is -2.07. The average molecular weight is 347 g/mol. The van der Waals surface area contributed by atoms with Crippen molar-refractivity contribution >= 4 is 31.4 Å². The summed E-state index contributed by atoms with van der Waals surface area (Å²) in [6, 6.07) is 10.7. The van der Waals surface area contributed by atoms with Gasteiger partial charge in [-0.2, -0.15) is 0 Å². The van der Waals surface area contributed by atoms with Crippen LogP contribution in [0.2, 0.25) is 0 Å². The van der Waals surface area contributed by atoms with E-state index in [1.165, 1.54) is 4.57 Å². The van der Waals surface area contributed by atoms with E-state index in [9.17, 15) is 13.2 Å². The molecule has 23 heavy (non-hydrogen) atoms. The van der Waals surface area contributed by atoms with Crippen molar-refractivity contribution in [2.45, 2.75) is 24.5 Å². The number of fused-ring (bicyclic) bond motifs is 1. The molecule has 2 aromatic carbocycles. The molecule has 0 radical (unpaired) electrons. The molecule has 0 aliphatic carbocycles. The van der Waals surface area contributed by atoms with Gasteiger partial charge in [-0.25, -0.2) is 8.42 Å². The largest absolute Gasteiger partial charge is 0.307 e. The van der Waals surface area contributed by atoms with Gasteiger partial charge in [-0.1, -0.05) is 40.7 Å². The molecule has 1 heterocycles. The summed E-state index contributed by atoms with van der Waals surface area (Å²) in [7, 11) is -1.76. The van der Waals surface area contributed by atoms with Crippen LogP contribution in [-0.2, 0) is 22.6 Å². The maximum atomic E-state index is 12.7. The summed E-state index contributed by atoms with van der Waals surface area (Å²) >= 11 is 1.06. The van der Waals surface area contributed by atoms with Crippen LogP contribution < -0.4 is 4.87 Å². The maximum Gasteiger partial charge on any atom is 0.307 e. The van der Waals surface area contributed by atoms with Crippen molar-refractivity contribution in [1.29, 1.82) is 0 Å². The van der Waals surface area contributed by atoms with E-state index in [-0.39, 0.29) is 15.5 Å². The fourth-order valence-corrected chi connectivity index (χ4v) is 5.10. The maximum absolute atomic E-state index is 12.7. The Morgan fingerprint density at radius 1 is 1.04 bits per heavy atom. The van der Waals surface area contributed by atoms with E-state index in [0.717, 1.165) is 33.5 Å². The van der Waals surface area contributed by atoms with Gasteiger partial charge in [0.15, 0.2) is 9.84 Å². The Hall–Kier alpha value is -1.92. The Kier molecular flexibility index (Phi) is 3.90. The van der Waals surface area contributed by atoms with E-state index in [2.05, 4.69) is 0 Å². The second-order valence-electron chi connectivity index (χ2n) is 5.81. The number of aromatic nitrogens is 1. The molecule has 0 amide bonds. The van der Waals surface area contributed by atoms with Gasteiger partial charge >= 0.3 is 4.87 Å². The normalized spacial score (nSPS) is 12.0. The van der Waals surface area contributed by atoms with Gasteiger partial charge in [-0.05, 0) is 37.6 Å². The minimum atomic E-state index is -3.45. The first-order valence-electron chi connectivity index (χ1n) is 7.16. The van der Waals surface area contributed by atoms with E-state index in [1.807, 2.05) is 32.0 Å². The minimum absolute atomic E-state index is 0.0389. The van der Waals surface area contributed by atoms with Crippen LogP contribution in [0.3, 0.4) is 0 Å². The molecule has 0 N–H and O–H groups in total. The fourth-order valence-electron chi connectivity index (χ4n) is 2.76. The highest BCUT2D eigenvalue weighted by atomic mass is 32.2. The van der Waals surface area contributed by atoms with Gasteiger partial charge in [0, 0.05) is 7.05 Å². The number of thiazole rings is 1. The van der Waals surface area contributed by atoms with Crippen LogP contribution in [0.4, 0.5) is 0 Å². The molecule has 0 unspecified atom stereocenters. The third kappa shape index (κ3) is 3.09. The third-order valence-electron chi connectivity index (χ3n) is 3.76. The fraction of sp³-hybridized carbons (Fsp3) is 0.235. The molecule has 0 atom stereocenters. The summed E-state index contributed by atoms with van der Waals surface area (Å²) < 4.78 is 27.6. The molecule has 1 aromatic heterocycles. The summed E-state index contributed by atoms with van der Waals surface area (Å²) in [4.78, 5) is 11.9. The van der Waals surface area contributed by atoms with Crippen molar-refractivity contribution in [1.82, 2.24) is 4.57 Å². The first kappa shape index (κ1) is 16.0. The lowest BCUT2D eigenvalue weighted by Crippen LogP contribution is -2.07. The molecule has 0 saturated carbocycles. The van der Waals surface area contributed by atoms with Crippen LogP contribution in [0, 0.1) is 13.8 Å². The minimum Gasteiger partial charge on any atom is -0.302 e. The summed E-state index contributed by atoms with van der Waals surface area (Å²) in [6.07, 6.45) is 0. The lowest BCUT2D eigenvalue weighted by atomic mass is 10.1. The van der Waals surface area contributed by atoms with Crippen molar-refractivity contribution in [3.8, 4) is 0 Å². The number of benzene rings is 2. The Labute approximate surface area is 138 Å². The van der Waals surface area contributed by atoms with Crippen LogP contribution in [0.15, 0.2) is 46.1 Å². The first-order chi connectivity index (χ1) is 10.8. The van der Waals surface area contributed by atoms with Crippen molar-refractivity contribution in [2.24, 2.45) is 7.05 Å². The summed E-state index contributed by atoms with van der Waals surface area (Å²) in [5.41, 5.74) is 3.63. The zero-order valence-corrected chi connectivity index (χ0v) is 14.8. The quantitative estimate of drug-likeness (QED) is 0.731. The number of aryl methyl sites for hydroxylation is 3. The van der Waals surface area contributed by atoms with E-state index in [4.69, 9.17) is 0 Å². The zero-order valence-electron chi connectivity index (χ0n) is 13.2. The molecule has 4 nitrogen and oxygen atoms in total. The van der Waals surface area contributed by atoms with Crippen LogP contribution >= 0.6 is 11.3 Å². The highest BCUT2D eigenvalue weighted by Gasteiger charge is 2.17. The number of nitrogens with zero attached hydrogens (tertiary/aromatic N) is 1. The van der Waals surface area contributed by atoms with Crippen molar-refractivity contribution in [2.75, 3.05) is 0 Å². The second-order valence-corrected chi connectivity index (χ2v) is 8.79. The van der Waals surface area contributed by atoms with Gasteiger partial charge in [0.2, 0.25) is 0 Å². The predicted molar refractivity (Wildman–Crippen MR) is 93.9 cm³/mol. The van der Waals surface area contributed by atoms with Crippen LogP contribution in [0.5, 0.6) is 0 Å². The van der Waals surface area contributed by atoms with Crippen LogP contribution in [-0.4, -0.2) is 13.0 Å². The van der Waals surface area contributed by atoms with Gasteiger partial charge < -0.3 is 4.57 Å². The molecular formula is C17H17NO3S2. The Bertz CT molecular complexity index is 1040. The summed E-state index contributed by atoms with van der Waals surface area (Å²) in [6.45, 7) is 3.91. The topological polar surface area (TPSA) is 56.1 Å². The Balaban J connectivity index is 2.03. The summed E-state index contributed by atoms with van der Waals surface area (Å²) in [5.74, 6) is -0.0389. The van der Waals surface area contributed by atoms with Gasteiger partial charge in [-0.15, -0.1) is 0 Å². The van der Waals surface area contributed by atoms with E-state index >= 15 is 0 Å². The number of rotatable bonds is 3. The number of hydrogen-bond acceptors (Lipinski definition) is 4. The van der Waals surface area contributed by atoms with Gasteiger partial charge in [-0.3, -0.25) is 4.79 Å². The SMILES string of the molecule is Cc1cc(C)cc(CS(=O)(=O)c2ccc3c(c2)sc(=O)n3C)c1. The molecule has 0 bridgehead atoms. The number of sulfone groups is 1. The van der Waals surface area contributed by atoms with E-state index < -0.39 is 9.84 Å². The molecule has 6 heteroatoms. The van der Waals surface area contributed by atoms with Crippen LogP contribution in [0.1, 0.15) is 16.7 Å². The predicted octanol–water partition coefficient (Wildman–Crippen LogP) is 3.19. The highest BCUT2D eigenvalue weighted by molar-refractivity contribution is 7.90. The highest BCUT2D eigenvalue weighted by Crippen LogP contribution is 2.24. The monoisotopic (exact) mass is 347 g/mol. The third-order valence-corrected chi connectivity index (χ3v) is 6.44. The molecule has 0 fully saturated rings. The first-order valence-corrected chi connectivity index (χ1v) is 9.63. The van der Waals surface area contributed by atoms with Crippen LogP contribution in [0.25, 0.3) is 10.2 Å². The zero-order chi connectivity index (χ0) is 16.8. The molecule has 3 rings (SSSR count). The molecule has 0 saturated heterocycles. The molecule has 0 spiro atoms. The Morgan fingerprint density at radius 3 is 2.35 bits per heavy atom. The van der Waals surface area contributed by atoms with Crippen molar-refractivity contribution in [3.05, 3.63) is 62.8 Å². The van der Waals surface area contributed by atoms with E-state index in [0.29, 0.717) is 4.70 Å². The Morgan fingerprint density at radius 2 is 1.70 bits per heavy atom. The molecule has 0 aliphatic rings. The van der Waals surface area contributed by atoms with Gasteiger partial charge in [0.05, 0.1) is 20.9 Å². The second kappa shape index (κ2) is 5.62. The van der Waals surface area contributed by atoms with Gasteiger partial charge in [0.25, 0.3) is 0 Å². The van der Waals surface area contributed by atoms with E-state index in [1.54, 1.807) is 25.2 Å². The molecule has 120 valence electrons. The lowest BCUT2D eigenvalue weighted by molar-refractivity contribution is 0.595. The van der Waals surface area contributed by atoms with Gasteiger partial charge in [0.1, 0.15) is 0 Å². The average Bonchev–Trinajstić information content (AvgIpc) is 2.72. The summed E-state index contributed by atoms with van der Waals surface area (Å²) in [5, 5.41) is 0. The smallest absolute Gasteiger partial charge is 0.302 e. The van der Waals surface area contributed by atoms with Crippen molar-refractivity contribution in [3.63, 3.8) is 0 Å². The molecule has 0 aliphatic heterocycles. The molecular weight excluding hydrogens is 330 g/mol. The number of hydrogen-bond donors (Lipinski definition) is 0. The van der Waals surface area contributed by atoms with Crippen molar-refractivity contribution < 1.29 is 8.42 Å². The standard InChI is InChI=1S/C17H17NO3S2/c1-11-6-12(2)8-13(7-11)10-23(20,21)14-4-5-15-16(9-14)22-17(19)18(15)3/h4-9H,10H2,1-3H3. The molecule has 3 aromatic rings.